The summed E-state index contributed by atoms with van der Waals surface area (Å²) in [6.45, 7) is 11.9. The van der Waals surface area contributed by atoms with Crippen molar-refractivity contribution in [3.63, 3.8) is 0 Å². The van der Waals surface area contributed by atoms with Crippen molar-refractivity contribution in [3.8, 4) is 0 Å². The Hall–Kier alpha value is -2.62. The highest BCUT2D eigenvalue weighted by atomic mass is 16.6. The molecule has 0 radical (unpaired) electrons. The molecule has 5 rings (SSSR count). The highest BCUT2D eigenvalue weighted by molar-refractivity contribution is 5.94. The Morgan fingerprint density at radius 1 is 0.600 bits per heavy atom. The Balaban J connectivity index is 1.41. The first-order valence-electron chi connectivity index (χ1n) is 13.2. The van der Waals surface area contributed by atoms with Crippen molar-refractivity contribution in [1.82, 2.24) is 0 Å². The van der Waals surface area contributed by atoms with Crippen molar-refractivity contribution in [2.45, 2.75) is 85.9 Å². The average Bonchev–Trinajstić information content (AvgIpc) is 3.34. The molecule has 3 aliphatic carbocycles. The third-order valence-electron chi connectivity index (χ3n) is 8.98. The number of carbonyl (C=O) groups excluding carboxylic acids is 2. The van der Waals surface area contributed by atoms with E-state index in [0.717, 1.165) is 58.1 Å². The predicted molar refractivity (Wildman–Crippen MR) is 137 cm³/mol. The number of fused-ring (bicyclic) bond motifs is 5. The monoisotopic (exact) mass is 474 g/mol. The first-order valence-corrected chi connectivity index (χ1v) is 13.2. The largest absolute Gasteiger partial charge is 0.455 e. The van der Waals surface area contributed by atoms with Crippen LogP contribution in [0.4, 0.5) is 0 Å². The lowest BCUT2D eigenvalue weighted by atomic mass is 9.69. The van der Waals surface area contributed by atoms with Crippen molar-refractivity contribution in [1.29, 1.82) is 0 Å². The number of ether oxygens (including phenoxy) is 2. The van der Waals surface area contributed by atoms with Crippen LogP contribution in [0.2, 0.25) is 0 Å². The van der Waals surface area contributed by atoms with Gasteiger partial charge in [-0.3, -0.25) is 0 Å². The topological polar surface area (TPSA) is 52.6 Å². The van der Waals surface area contributed by atoms with Crippen LogP contribution in [0.25, 0.3) is 0 Å². The SMILES string of the molecule is Cc1cc(C)c(C(=O)OC2CC3C4CCC(C4)C3CC2OC(=O)c2c(C)cc(C)cc2C)c(C)c1. The summed E-state index contributed by atoms with van der Waals surface area (Å²) in [6.07, 6.45) is 4.64. The summed E-state index contributed by atoms with van der Waals surface area (Å²) in [4.78, 5) is 26.8. The lowest BCUT2D eigenvalue weighted by Crippen LogP contribution is -2.46. The second kappa shape index (κ2) is 9.11. The van der Waals surface area contributed by atoms with Crippen molar-refractivity contribution in [2.24, 2.45) is 23.7 Å². The van der Waals surface area contributed by atoms with E-state index in [-0.39, 0.29) is 11.9 Å². The molecular weight excluding hydrogens is 436 g/mol. The molecule has 0 heterocycles. The third-order valence-corrected chi connectivity index (χ3v) is 8.98. The molecule has 0 saturated heterocycles. The van der Waals surface area contributed by atoms with Gasteiger partial charge in [0, 0.05) is 0 Å². The Kier molecular flexibility index (Phi) is 6.27. The van der Waals surface area contributed by atoms with Gasteiger partial charge < -0.3 is 9.47 Å². The maximum Gasteiger partial charge on any atom is 0.339 e. The molecule has 3 aliphatic rings. The molecule has 2 aromatic rings. The van der Waals surface area contributed by atoms with Crippen LogP contribution in [0.15, 0.2) is 24.3 Å². The fourth-order valence-corrected chi connectivity index (χ4v) is 7.75. The third kappa shape index (κ3) is 4.41. The van der Waals surface area contributed by atoms with Crippen molar-refractivity contribution in [2.75, 3.05) is 0 Å². The molecule has 6 atom stereocenters. The molecule has 0 aromatic heterocycles. The van der Waals surface area contributed by atoms with Gasteiger partial charge in [0.1, 0.15) is 12.2 Å². The van der Waals surface area contributed by atoms with Crippen LogP contribution in [-0.4, -0.2) is 24.1 Å². The van der Waals surface area contributed by atoms with Crippen molar-refractivity contribution in [3.05, 3.63) is 68.8 Å². The quantitative estimate of drug-likeness (QED) is 0.460. The predicted octanol–water partition coefficient (Wildman–Crippen LogP) is 6.74. The van der Waals surface area contributed by atoms with Gasteiger partial charge in [0.25, 0.3) is 0 Å². The molecule has 0 N–H and O–H groups in total. The second-order valence-electron chi connectivity index (χ2n) is 11.6. The smallest absolute Gasteiger partial charge is 0.339 e. The Labute approximate surface area is 209 Å². The fourth-order valence-electron chi connectivity index (χ4n) is 7.75. The van der Waals surface area contributed by atoms with E-state index in [4.69, 9.17) is 9.47 Å². The minimum Gasteiger partial charge on any atom is -0.455 e. The number of benzene rings is 2. The van der Waals surface area contributed by atoms with Gasteiger partial charge in [-0.05, 0) is 120 Å². The Morgan fingerprint density at radius 3 is 1.29 bits per heavy atom. The molecule has 0 amide bonds. The molecule has 3 saturated carbocycles. The van der Waals surface area contributed by atoms with Crippen LogP contribution in [0.5, 0.6) is 0 Å². The van der Waals surface area contributed by atoms with E-state index >= 15 is 0 Å². The minimum absolute atomic E-state index is 0.296. The molecule has 3 fully saturated rings. The van der Waals surface area contributed by atoms with Crippen LogP contribution in [0.3, 0.4) is 0 Å². The molecule has 0 spiro atoms. The minimum atomic E-state index is -0.404. The average molecular weight is 475 g/mol. The highest BCUT2D eigenvalue weighted by Crippen LogP contribution is 2.58. The van der Waals surface area contributed by atoms with Gasteiger partial charge in [0.15, 0.2) is 0 Å². The lowest BCUT2D eigenvalue weighted by Gasteiger charge is -2.42. The molecule has 35 heavy (non-hydrogen) atoms. The number of carbonyl (C=O) groups is 2. The number of hydrogen-bond donors (Lipinski definition) is 0. The molecule has 2 bridgehead atoms. The summed E-state index contributed by atoms with van der Waals surface area (Å²) in [6, 6.07) is 8.10. The molecule has 4 heteroatoms. The van der Waals surface area contributed by atoms with Gasteiger partial charge >= 0.3 is 11.9 Å². The summed E-state index contributed by atoms with van der Waals surface area (Å²) < 4.78 is 12.4. The normalized spacial score (nSPS) is 29.1. The molecule has 186 valence electrons. The van der Waals surface area contributed by atoms with Crippen LogP contribution in [0.1, 0.15) is 86.2 Å². The van der Waals surface area contributed by atoms with Crippen molar-refractivity contribution < 1.29 is 19.1 Å². The van der Waals surface area contributed by atoms with Crippen LogP contribution in [-0.2, 0) is 9.47 Å². The van der Waals surface area contributed by atoms with Crippen molar-refractivity contribution >= 4 is 11.9 Å². The molecular formula is C31H38O4. The van der Waals surface area contributed by atoms with Crippen LogP contribution in [0, 0.1) is 65.2 Å². The van der Waals surface area contributed by atoms with Gasteiger partial charge in [-0.1, -0.05) is 35.4 Å². The second-order valence-corrected chi connectivity index (χ2v) is 11.6. The first kappa shape index (κ1) is 24.1. The summed E-state index contributed by atoms with van der Waals surface area (Å²) in [7, 11) is 0. The van der Waals surface area contributed by atoms with Gasteiger partial charge in [-0.25, -0.2) is 9.59 Å². The zero-order valence-corrected chi connectivity index (χ0v) is 21.9. The number of esters is 2. The van der Waals surface area contributed by atoms with E-state index in [0.29, 0.717) is 23.0 Å². The fraction of sp³-hybridized carbons (Fsp3) is 0.548. The Bertz CT molecular complexity index is 1040. The van der Waals surface area contributed by atoms with E-state index in [2.05, 4.69) is 0 Å². The number of rotatable bonds is 4. The zero-order chi connectivity index (χ0) is 25.0. The van der Waals surface area contributed by atoms with Gasteiger partial charge in [-0.2, -0.15) is 0 Å². The number of aryl methyl sites for hydroxylation is 6. The van der Waals surface area contributed by atoms with Crippen LogP contribution < -0.4 is 0 Å². The molecule has 2 aromatic carbocycles. The maximum atomic E-state index is 13.4. The zero-order valence-electron chi connectivity index (χ0n) is 21.9. The molecule has 0 aliphatic heterocycles. The van der Waals surface area contributed by atoms with E-state index in [1.807, 2.05) is 65.8 Å². The van der Waals surface area contributed by atoms with E-state index < -0.39 is 12.2 Å². The van der Waals surface area contributed by atoms with Crippen LogP contribution >= 0.6 is 0 Å². The van der Waals surface area contributed by atoms with Gasteiger partial charge in [0.2, 0.25) is 0 Å². The maximum absolute atomic E-state index is 13.4. The Morgan fingerprint density at radius 2 is 0.943 bits per heavy atom. The van der Waals surface area contributed by atoms with E-state index in [1.165, 1.54) is 19.3 Å². The summed E-state index contributed by atoms with van der Waals surface area (Å²) >= 11 is 0. The lowest BCUT2D eigenvalue weighted by molar-refractivity contribution is -0.0823. The summed E-state index contributed by atoms with van der Waals surface area (Å²) in [5, 5.41) is 0. The standard InChI is InChI=1S/C31H38O4/c1-16-9-18(3)28(19(4)10-16)30(32)34-26-14-24-22-7-8-23(13-22)25(24)15-27(26)35-31(33)29-20(5)11-17(2)12-21(29)6/h9-12,22-27H,7-8,13-15H2,1-6H3. The van der Waals surface area contributed by atoms with Gasteiger partial charge in [-0.15, -0.1) is 0 Å². The summed E-state index contributed by atoms with van der Waals surface area (Å²) in [5.41, 5.74) is 7.27. The molecule has 4 nitrogen and oxygen atoms in total. The highest BCUT2D eigenvalue weighted by Gasteiger charge is 2.53. The summed E-state index contributed by atoms with van der Waals surface area (Å²) in [5.74, 6) is 2.01. The number of hydrogen-bond acceptors (Lipinski definition) is 4. The van der Waals surface area contributed by atoms with Gasteiger partial charge in [0.05, 0.1) is 11.1 Å². The van der Waals surface area contributed by atoms with E-state index in [1.54, 1.807) is 0 Å². The molecule has 6 unspecified atom stereocenters. The van der Waals surface area contributed by atoms with E-state index in [9.17, 15) is 9.59 Å². The first-order chi connectivity index (χ1) is 16.6.